The van der Waals surface area contributed by atoms with Gasteiger partial charge < -0.3 is 10.6 Å². The van der Waals surface area contributed by atoms with Crippen molar-refractivity contribution in [1.29, 1.82) is 0 Å². The number of carboxylic acid groups (broad SMARTS) is 1. The zero-order chi connectivity index (χ0) is 5.15. The van der Waals surface area contributed by atoms with E-state index in [4.69, 9.17) is 5.11 Å². The fourth-order valence-corrected chi connectivity index (χ4v) is 0. The predicted molar refractivity (Wildman–Crippen MR) is 23.6 cm³/mol. The quantitative estimate of drug-likeness (QED) is 0.228. The molecule has 0 rings (SSSR count). The van der Waals surface area contributed by atoms with Crippen LogP contribution in [0.1, 0.15) is 0 Å². The largest absolute Gasteiger partial charge is 0.464 e. The molecule has 0 aromatic carbocycles. The van der Waals surface area contributed by atoms with E-state index in [0.29, 0.717) is 5.01 Å². The number of nitrogens with zero attached hydrogens (tertiary/aromatic N) is 1. The molecule has 5 heteroatoms. The van der Waals surface area contributed by atoms with Crippen LogP contribution in [0.15, 0.2) is 0 Å². The molecule has 44 valence electrons. The summed E-state index contributed by atoms with van der Waals surface area (Å²) in [6.45, 7) is 0. The molecule has 0 aliphatic carbocycles. The molecule has 5 nitrogen and oxygen atoms in total. The smallest absolute Gasteiger partial charge is 0.421 e. The molecule has 0 radical (unpaired) electrons. The summed E-state index contributed by atoms with van der Waals surface area (Å²) in [5.74, 6) is 4.67. The molecule has 0 saturated carbocycles. The minimum atomic E-state index is -1.13. The topological polar surface area (TPSA) is 98.1 Å². The van der Waals surface area contributed by atoms with Gasteiger partial charge in [-0.3, -0.25) is 0 Å². The van der Waals surface area contributed by atoms with Gasteiger partial charge in [-0.2, -0.15) is 0 Å². The summed E-state index contributed by atoms with van der Waals surface area (Å²) in [4.78, 5) is 9.50. The maximum absolute atomic E-state index is 9.50. The van der Waals surface area contributed by atoms with E-state index in [2.05, 4.69) is 5.84 Å². The molecule has 0 unspecified atom stereocenters. The molecule has 0 atom stereocenters. The summed E-state index contributed by atoms with van der Waals surface area (Å²) >= 11 is 0. The highest BCUT2D eigenvalue weighted by Crippen LogP contribution is 1.64. The number of hydrogen-bond acceptors (Lipinski definition) is 2. The molecular formula is C2H8N2O3. The summed E-state index contributed by atoms with van der Waals surface area (Å²) in [5.41, 5.74) is 0. The highest BCUT2D eigenvalue weighted by atomic mass is 16.4. The van der Waals surface area contributed by atoms with Gasteiger partial charge in [0.25, 0.3) is 0 Å². The van der Waals surface area contributed by atoms with Crippen LogP contribution in [0.3, 0.4) is 0 Å². The van der Waals surface area contributed by atoms with E-state index < -0.39 is 6.09 Å². The van der Waals surface area contributed by atoms with Crippen LogP contribution in [-0.4, -0.2) is 28.7 Å². The van der Waals surface area contributed by atoms with Gasteiger partial charge in [-0.15, -0.1) is 0 Å². The van der Waals surface area contributed by atoms with Gasteiger partial charge >= 0.3 is 6.09 Å². The zero-order valence-electron chi connectivity index (χ0n) is 3.88. The van der Waals surface area contributed by atoms with Gasteiger partial charge in [0.05, 0.1) is 0 Å². The molecule has 0 aromatic heterocycles. The summed E-state index contributed by atoms with van der Waals surface area (Å²) < 4.78 is 0. The lowest BCUT2D eigenvalue weighted by Gasteiger charge is -1.99. The molecule has 0 aliphatic heterocycles. The highest BCUT2D eigenvalue weighted by molar-refractivity contribution is 5.63. The van der Waals surface area contributed by atoms with Crippen LogP contribution in [0.25, 0.3) is 0 Å². The van der Waals surface area contributed by atoms with Crippen molar-refractivity contribution >= 4 is 6.09 Å². The zero-order valence-corrected chi connectivity index (χ0v) is 3.88. The molecule has 0 fully saturated rings. The molecule has 0 aromatic rings. The van der Waals surface area contributed by atoms with Gasteiger partial charge in [-0.25, -0.2) is 15.6 Å². The van der Waals surface area contributed by atoms with Gasteiger partial charge in [0.15, 0.2) is 0 Å². The normalized spacial score (nSPS) is 6.57. The molecule has 1 amide bonds. The van der Waals surface area contributed by atoms with Crippen molar-refractivity contribution in [2.45, 2.75) is 0 Å². The van der Waals surface area contributed by atoms with Crippen molar-refractivity contribution in [3.05, 3.63) is 0 Å². The molecule has 5 N–H and O–H groups in total. The molecule has 7 heavy (non-hydrogen) atoms. The van der Waals surface area contributed by atoms with E-state index in [1.165, 1.54) is 7.05 Å². The van der Waals surface area contributed by atoms with Crippen molar-refractivity contribution in [3.63, 3.8) is 0 Å². The third kappa shape index (κ3) is 5.19. The number of carbonyl (C=O) groups is 1. The maximum Gasteiger partial charge on any atom is 0.421 e. The lowest BCUT2D eigenvalue weighted by Crippen LogP contribution is -2.31. The Labute approximate surface area is 40.6 Å². The first kappa shape index (κ1) is 9.50. The second-order valence-electron chi connectivity index (χ2n) is 0.893. The first-order valence-electron chi connectivity index (χ1n) is 1.36. The SMILES string of the molecule is CN(N)C(=O)O.O. The predicted octanol–water partition coefficient (Wildman–Crippen LogP) is -1.35. The van der Waals surface area contributed by atoms with Gasteiger partial charge in [0, 0.05) is 7.05 Å². The molecule has 0 bridgehead atoms. The maximum atomic E-state index is 9.50. The van der Waals surface area contributed by atoms with Crippen molar-refractivity contribution in [1.82, 2.24) is 5.01 Å². The van der Waals surface area contributed by atoms with Gasteiger partial charge in [-0.05, 0) is 0 Å². The summed E-state index contributed by atoms with van der Waals surface area (Å²) in [7, 11) is 1.25. The standard InChI is InChI=1S/C2H6N2O2.H2O/c1-4(3)2(5)6;/h3H2,1H3,(H,5,6);1H2. The van der Waals surface area contributed by atoms with Crippen LogP contribution in [0.5, 0.6) is 0 Å². The Morgan fingerprint density at radius 2 is 2.00 bits per heavy atom. The van der Waals surface area contributed by atoms with E-state index in [1.54, 1.807) is 0 Å². The molecule has 0 heterocycles. The van der Waals surface area contributed by atoms with Gasteiger partial charge in [0.2, 0.25) is 0 Å². The number of rotatable bonds is 0. The molecule has 0 saturated heterocycles. The average molecular weight is 108 g/mol. The van der Waals surface area contributed by atoms with E-state index >= 15 is 0 Å². The fraction of sp³-hybridized carbons (Fsp3) is 0.500. The number of hydrogen-bond donors (Lipinski definition) is 2. The average Bonchev–Trinajstić information content (AvgIpc) is 1.36. The second-order valence-corrected chi connectivity index (χ2v) is 0.893. The van der Waals surface area contributed by atoms with Crippen molar-refractivity contribution in [2.75, 3.05) is 7.05 Å². The van der Waals surface area contributed by atoms with Crippen LogP contribution in [0, 0.1) is 0 Å². The fourth-order valence-electron chi connectivity index (χ4n) is 0. The van der Waals surface area contributed by atoms with Crippen LogP contribution < -0.4 is 5.84 Å². The van der Waals surface area contributed by atoms with Crippen LogP contribution >= 0.6 is 0 Å². The molecule has 0 aliphatic rings. The van der Waals surface area contributed by atoms with E-state index in [0.717, 1.165) is 0 Å². The van der Waals surface area contributed by atoms with Gasteiger partial charge in [0.1, 0.15) is 0 Å². The minimum absolute atomic E-state index is 0. The third-order valence-corrected chi connectivity index (χ3v) is 0.302. The Hall–Kier alpha value is -0.810. The first-order chi connectivity index (χ1) is 2.64. The van der Waals surface area contributed by atoms with E-state index in [9.17, 15) is 4.79 Å². The molecular weight excluding hydrogens is 100 g/mol. The van der Waals surface area contributed by atoms with Crippen molar-refractivity contribution in [2.24, 2.45) is 5.84 Å². The number of amides is 1. The lowest BCUT2D eigenvalue weighted by molar-refractivity contribution is 0.156. The number of hydrazine groups is 1. The third-order valence-electron chi connectivity index (χ3n) is 0.302. The van der Waals surface area contributed by atoms with Crippen LogP contribution in [-0.2, 0) is 0 Å². The Morgan fingerprint density at radius 3 is 2.00 bits per heavy atom. The Balaban J connectivity index is 0. The number of nitrogens with two attached hydrogens (primary N) is 1. The Kier molecular flexibility index (Phi) is 4.59. The van der Waals surface area contributed by atoms with Crippen LogP contribution in [0.2, 0.25) is 0 Å². The second kappa shape index (κ2) is 3.38. The highest BCUT2D eigenvalue weighted by Gasteiger charge is 1.92. The van der Waals surface area contributed by atoms with Crippen molar-refractivity contribution < 1.29 is 15.4 Å². The van der Waals surface area contributed by atoms with E-state index in [-0.39, 0.29) is 5.48 Å². The summed E-state index contributed by atoms with van der Waals surface area (Å²) in [6.07, 6.45) is -1.13. The minimum Gasteiger partial charge on any atom is -0.464 e. The van der Waals surface area contributed by atoms with Gasteiger partial charge in [-0.1, -0.05) is 0 Å². The summed E-state index contributed by atoms with van der Waals surface area (Å²) in [5, 5.41) is 8.38. The Morgan fingerprint density at radius 1 is 1.86 bits per heavy atom. The van der Waals surface area contributed by atoms with Crippen molar-refractivity contribution in [3.8, 4) is 0 Å². The lowest BCUT2D eigenvalue weighted by atomic mass is 11.1. The van der Waals surface area contributed by atoms with Crippen LogP contribution in [0.4, 0.5) is 4.79 Å². The molecule has 0 spiro atoms. The summed E-state index contributed by atoms with van der Waals surface area (Å²) in [6, 6.07) is 0. The Bertz CT molecular complexity index is 62.0. The van der Waals surface area contributed by atoms with E-state index in [1.807, 2.05) is 0 Å². The first-order valence-corrected chi connectivity index (χ1v) is 1.36. The monoisotopic (exact) mass is 108 g/mol.